The largest absolute Gasteiger partial charge is 0.378 e. The van der Waals surface area contributed by atoms with Crippen LogP contribution in [0.1, 0.15) is 11.4 Å². The van der Waals surface area contributed by atoms with Crippen LogP contribution in [0.25, 0.3) is 5.69 Å². The summed E-state index contributed by atoms with van der Waals surface area (Å²) in [7, 11) is 0. The van der Waals surface area contributed by atoms with E-state index >= 15 is 0 Å². The molecular weight excluding hydrogens is 442 g/mol. The van der Waals surface area contributed by atoms with Gasteiger partial charge < -0.3 is 10.6 Å². The number of hydrogen-bond donors (Lipinski definition) is 2. The number of carbonyl (C=O) groups excluding carboxylic acids is 1. The van der Waals surface area contributed by atoms with Crippen molar-refractivity contribution in [1.82, 2.24) is 14.8 Å². The highest BCUT2D eigenvalue weighted by atomic mass is 35.5. The van der Waals surface area contributed by atoms with E-state index in [9.17, 15) is 4.79 Å². The van der Waals surface area contributed by atoms with Crippen LogP contribution in [0.2, 0.25) is 5.02 Å². The first kappa shape index (κ1) is 21.9. The minimum absolute atomic E-state index is 0.140. The summed E-state index contributed by atoms with van der Waals surface area (Å²) in [6, 6.07) is 25.1. The van der Waals surface area contributed by atoms with Gasteiger partial charge in [-0.05, 0) is 49.4 Å². The lowest BCUT2D eigenvalue weighted by atomic mass is 10.2. The number of anilines is 2. The molecule has 0 aliphatic heterocycles. The molecular formula is C24H22ClN5OS. The van der Waals surface area contributed by atoms with Crippen molar-refractivity contribution in [2.45, 2.75) is 18.6 Å². The van der Waals surface area contributed by atoms with Crippen LogP contribution in [0.4, 0.5) is 11.4 Å². The Balaban J connectivity index is 1.48. The van der Waals surface area contributed by atoms with Crippen molar-refractivity contribution in [2.24, 2.45) is 0 Å². The molecule has 8 heteroatoms. The Morgan fingerprint density at radius 1 is 0.969 bits per heavy atom. The van der Waals surface area contributed by atoms with Gasteiger partial charge in [-0.25, -0.2) is 0 Å². The third-order valence-corrected chi connectivity index (χ3v) is 5.82. The third kappa shape index (κ3) is 5.69. The van der Waals surface area contributed by atoms with Crippen molar-refractivity contribution < 1.29 is 4.79 Å². The van der Waals surface area contributed by atoms with E-state index in [1.807, 2.05) is 47.0 Å². The van der Waals surface area contributed by atoms with Crippen LogP contribution in [0.5, 0.6) is 0 Å². The fourth-order valence-corrected chi connectivity index (χ4v) is 4.05. The molecule has 0 fully saturated rings. The number of thioether (sulfide) groups is 1. The lowest BCUT2D eigenvalue weighted by molar-refractivity contribution is -0.113. The van der Waals surface area contributed by atoms with Crippen molar-refractivity contribution >= 4 is 40.6 Å². The zero-order valence-corrected chi connectivity index (χ0v) is 19.0. The van der Waals surface area contributed by atoms with Crippen molar-refractivity contribution in [1.29, 1.82) is 0 Å². The standard InChI is InChI=1S/C24H22ClN5OS/c1-17-10-12-19(13-11-17)26-15-22-28-29-24(30(22)21-8-3-2-4-9-21)32-16-23(31)27-20-7-5-6-18(25)14-20/h2-14,26H,15-16H2,1H3,(H,27,31). The molecule has 3 aromatic carbocycles. The van der Waals surface area contributed by atoms with Crippen molar-refractivity contribution in [2.75, 3.05) is 16.4 Å². The fourth-order valence-electron chi connectivity index (χ4n) is 3.09. The normalized spacial score (nSPS) is 10.7. The average molecular weight is 464 g/mol. The number of aromatic nitrogens is 3. The second kappa shape index (κ2) is 10.3. The fraction of sp³-hybridized carbons (Fsp3) is 0.125. The monoisotopic (exact) mass is 463 g/mol. The minimum Gasteiger partial charge on any atom is -0.378 e. The lowest BCUT2D eigenvalue weighted by Gasteiger charge is -2.11. The van der Waals surface area contributed by atoms with E-state index in [2.05, 4.69) is 39.9 Å². The Morgan fingerprint density at radius 2 is 1.75 bits per heavy atom. The number of nitrogens with one attached hydrogen (secondary N) is 2. The Bertz CT molecular complexity index is 1190. The molecule has 6 nitrogen and oxygen atoms in total. The first-order valence-corrected chi connectivity index (χ1v) is 11.4. The van der Waals surface area contributed by atoms with Gasteiger partial charge in [0.1, 0.15) is 0 Å². The number of amides is 1. The summed E-state index contributed by atoms with van der Waals surface area (Å²) in [5, 5.41) is 16.2. The molecule has 0 bridgehead atoms. The molecule has 1 amide bonds. The van der Waals surface area contributed by atoms with Crippen LogP contribution in [-0.2, 0) is 11.3 Å². The molecule has 1 heterocycles. The van der Waals surface area contributed by atoms with Crippen molar-refractivity contribution in [3.8, 4) is 5.69 Å². The SMILES string of the molecule is Cc1ccc(NCc2nnc(SCC(=O)Nc3cccc(Cl)c3)n2-c2ccccc2)cc1. The van der Waals surface area contributed by atoms with Gasteiger partial charge in [0.2, 0.25) is 5.91 Å². The highest BCUT2D eigenvalue weighted by Crippen LogP contribution is 2.23. The van der Waals surface area contributed by atoms with Gasteiger partial charge in [-0.3, -0.25) is 9.36 Å². The number of hydrogen-bond acceptors (Lipinski definition) is 5. The van der Waals surface area contributed by atoms with Crippen LogP contribution >= 0.6 is 23.4 Å². The van der Waals surface area contributed by atoms with Gasteiger partial charge in [-0.15, -0.1) is 10.2 Å². The maximum Gasteiger partial charge on any atom is 0.234 e. The molecule has 2 N–H and O–H groups in total. The van der Waals surface area contributed by atoms with Crippen molar-refractivity contribution in [3.05, 3.63) is 95.3 Å². The summed E-state index contributed by atoms with van der Waals surface area (Å²) in [5.74, 6) is 0.816. The van der Waals surface area contributed by atoms with Crippen LogP contribution in [0.15, 0.2) is 84.0 Å². The van der Waals surface area contributed by atoms with Gasteiger partial charge in [0.15, 0.2) is 11.0 Å². The van der Waals surface area contributed by atoms with Crippen LogP contribution in [0, 0.1) is 6.92 Å². The van der Waals surface area contributed by atoms with E-state index in [4.69, 9.17) is 11.6 Å². The molecule has 4 rings (SSSR count). The second-order valence-corrected chi connectivity index (χ2v) is 8.52. The van der Waals surface area contributed by atoms with Gasteiger partial charge in [0.05, 0.1) is 12.3 Å². The molecule has 0 aliphatic carbocycles. The predicted octanol–water partition coefficient (Wildman–Crippen LogP) is 5.57. The van der Waals surface area contributed by atoms with E-state index in [-0.39, 0.29) is 11.7 Å². The second-order valence-electron chi connectivity index (χ2n) is 7.14. The number of benzene rings is 3. The molecule has 0 atom stereocenters. The summed E-state index contributed by atoms with van der Waals surface area (Å²) >= 11 is 7.32. The van der Waals surface area contributed by atoms with E-state index in [0.717, 1.165) is 17.2 Å². The number of carbonyl (C=O) groups is 1. The first-order valence-electron chi connectivity index (χ1n) is 10.1. The smallest absolute Gasteiger partial charge is 0.234 e. The quantitative estimate of drug-likeness (QED) is 0.334. The molecule has 4 aromatic rings. The summed E-state index contributed by atoms with van der Waals surface area (Å²) < 4.78 is 1.97. The van der Waals surface area contributed by atoms with E-state index in [1.54, 1.807) is 24.3 Å². The molecule has 32 heavy (non-hydrogen) atoms. The van der Waals surface area contributed by atoms with Crippen LogP contribution in [-0.4, -0.2) is 26.4 Å². The molecule has 0 radical (unpaired) electrons. The number of aryl methyl sites for hydroxylation is 1. The summed E-state index contributed by atoms with van der Waals surface area (Å²) in [6.45, 7) is 2.56. The molecule has 0 saturated carbocycles. The van der Waals surface area contributed by atoms with Crippen LogP contribution < -0.4 is 10.6 Å². The highest BCUT2D eigenvalue weighted by molar-refractivity contribution is 7.99. The number of halogens is 1. The van der Waals surface area contributed by atoms with Gasteiger partial charge in [-0.2, -0.15) is 0 Å². The molecule has 0 unspecified atom stereocenters. The van der Waals surface area contributed by atoms with Gasteiger partial charge >= 0.3 is 0 Å². The minimum atomic E-state index is -0.140. The number of rotatable bonds is 8. The zero-order chi connectivity index (χ0) is 22.3. The Labute approximate surface area is 196 Å². The van der Waals surface area contributed by atoms with E-state index < -0.39 is 0 Å². The number of para-hydroxylation sites is 1. The lowest BCUT2D eigenvalue weighted by Crippen LogP contribution is -2.15. The first-order chi connectivity index (χ1) is 15.6. The summed E-state index contributed by atoms with van der Waals surface area (Å²) in [4.78, 5) is 12.4. The highest BCUT2D eigenvalue weighted by Gasteiger charge is 2.16. The number of nitrogens with zero attached hydrogens (tertiary/aromatic N) is 3. The maximum absolute atomic E-state index is 12.4. The summed E-state index contributed by atoms with van der Waals surface area (Å²) in [6.07, 6.45) is 0. The van der Waals surface area contributed by atoms with Gasteiger partial charge in [0.25, 0.3) is 0 Å². The van der Waals surface area contributed by atoms with Crippen LogP contribution in [0.3, 0.4) is 0 Å². The molecule has 162 valence electrons. The molecule has 1 aromatic heterocycles. The van der Waals surface area contributed by atoms with Gasteiger partial charge in [-0.1, -0.05) is 65.3 Å². The summed E-state index contributed by atoms with van der Waals surface area (Å²) in [5.41, 5.74) is 3.82. The molecule has 0 spiro atoms. The average Bonchev–Trinajstić information content (AvgIpc) is 3.21. The molecule has 0 aliphatic rings. The Kier molecular flexibility index (Phi) is 7.09. The zero-order valence-electron chi connectivity index (χ0n) is 17.5. The van der Waals surface area contributed by atoms with E-state index in [1.165, 1.54) is 17.3 Å². The van der Waals surface area contributed by atoms with Gasteiger partial charge in [0, 0.05) is 22.1 Å². The van der Waals surface area contributed by atoms with Crippen molar-refractivity contribution in [3.63, 3.8) is 0 Å². The predicted molar refractivity (Wildman–Crippen MR) is 131 cm³/mol. The maximum atomic E-state index is 12.4. The Hall–Kier alpha value is -3.29. The topological polar surface area (TPSA) is 71.8 Å². The Morgan fingerprint density at radius 3 is 2.50 bits per heavy atom. The molecule has 0 saturated heterocycles. The van der Waals surface area contributed by atoms with E-state index in [0.29, 0.717) is 22.4 Å². The third-order valence-electron chi connectivity index (χ3n) is 4.66.